The number of hydrogen-bond acceptors (Lipinski definition) is 17. The molecule has 0 saturated heterocycles. The topological polar surface area (TPSA) is 314 Å². The molecule has 10 N–H and O–H groups in total. The van der Waals surface area contributed by atoms with Gasteiger partial charge in [0, 0.05) is 88.7 Å². The number of hydrogen-bond donors (Lipinski definition) is 8. The molecule has 0 fully saturated rings. The van der Waals surface area contributed by atoms with Gasteiger partial charge in [-0.15, -0.1) is 0 Å². The second kappa shape index (κ2) is 34.0. The summed E-state index contributed by atoms with van der Waals surface area (Å²) in [6, 6.07) is 39.9. The summed E-state index contributed by atoms with van der Waals surface area (Å²) < 4.78 is 15.5. The van der Waals surface area contributed by atoms with Gasteiger partial charge in [0.15, 0.2) is 0 Å². The number of rotatable bonds is 20. The van der Waals surface area contributed by atoms with Gasteiger partial charge in [0.05, 0.1) is 31.2 Å². The highest BCUT2D eigenvalue weighted by Gasteiger charge is 2.25. The summed E-state index contributed by atoms with van der Waals surface area (Å²) in [5.74, 6) is -3.05. The summed E-state index contributed by atoms with van der Waals surface area (Å²) in [5.41, 5.74) is 17.9. The average Bonchev–Trinajstić information content (AvgIpc) is 1.68. The maximum Gasteiger partial charge on any atom is 0.306 e. The monoisotopic (exact) mass is 1340 g/mol. The first-order chi connectivity index (χ1) is 44.1. The third kappa shape index (κ3) is 26.4. The molecule has 94 heavy (non-hydrogen) atoms. The van der Waals surface area contributed by atoms with Crippen LogP contribution in [0.5, 0.6) is 0 Å². The first-order valence-corrected chi connectivity index (χ1v) is 33.2. The molecule has 0 spiro atoms. The van der Waals surface area contributed by atoms with Crippen molar-refractivity contribution in [1.29, 1.82) is 0 Å². The second-order valence-electron chi connectivity index (χ2n) is 25.7. The molecule has 3 aliphatic heterocycles. The van der Waals surface area contributed by atoms with Crippen molar-refractivity contribution in [1.82, 2.24) is 0 Å². The van der Waals surface area contributed by atoms with E-state index < -0.39 is 34.7 Å². The molecular weight excluding hydrogens is 1260 g/mol. The minimum Gasteiger partial charge on any atom is -0.481 e. The lowest BCUT2D eigenvalue weighted by molar-refractivity contribution is -0.156. The number of amides is 5. The number of anilines is 6. The van der Waals surface area contributed by atoms with E-state index in [0.29, 0.717) is 43.5 Å². The number of aliphatic carboxylic acids is 1. The maximum absolute atomic E-state index is 12.4. The predicted molar refractivity (Wildman–Crippen MR) is 369 cm³/mol. The highest BCUT2D eigenvalue weighted by molar-refractivity contribution is 7.99. The van der Waals surface area contributed by atoms with Gasteiger partial charge in [-0.05, 0) is 226 Å². The summed E-state index contributed by atoms with van der Waals surface area (Å²) in [7, 11) is 0. The Balaban J connectivity index is 0.000000208. The molecule has 5 amide bonds. The smallest absolute Gasteiger partial charge is 0.306 e. The van der Waals surface area contributed by atoms with Crippen molar-refractivity contribution in [3.8, 4) is 0 Å². The van der Waals surface area contributed by atoms with Crippen molar-refractivity contribution in [3.63, 3.8) is 0 Å². The van der Waals surface area contributed by atoms with Crippen LogP contribution in [0.3, 0.4) is 0 Å². The van der Waals surface area contributed by atoms with Gasteiger partial charge in [0.1, 0.15) is 16.8 Å². The minimum atomic E-state index is -0.881. The van der Waals surface area contributed by atoms with Crippen LogP contribution in [0.25, 0.3) is 0 Å². The number of carboxylic acids is 1. The van der Waals surface area contributed by atoms with E-state index in [-0.39, 0.29) is 79.0 Å². The number of nitrogens with two attached hydrogens (primary N) is 2. The Morgan fingerprint density at radius 2 is 0.755 bits per heavy atom. The van der Waals surface area contributed by atoms with Crippen molar-refractivity contribution in [3.05, 3.63) is 144 Å². The van der Waals surface area contributed by atoms with E-state index in [9.17, 15) is 43.2 Å². The zero-order valence-electron chi connectivity index (χ0n) is 54.9. The SMILES string of the molecule is CC(C)(C)OC(=O)CC[C@H](N)C(=O)Nc1ccc(Sc2ccc3c(c2)CC(=O)N3)cc1.C[C@@H](CCC(=O)OC(C)(C)C)C(=O)Nc1ccc(Sc2ccc3c(c2)CC(=O)N3)cc1.C[C@@H](CCC(=O)OC(C)(C)C)C(=O)O.Nc1ccc(Sc2ccc3c(c2)CC(=O)N3)cc1. The Morgan fingerprint density at radius 3 is 1.09 bits per heavy atom. The summed E-state index contributed by atoms with van der Waals surface area (Å²) in [4.78, 5) is 111. The molecule has 0 aliphatic carbocycles. The average molecular weight is 1340 g/mol. The molecule has 0 unspecified atom stereocenters. The van der Waals surface area contributed by atoms with Crippen LogP contribution in [0.1, 0.15) is 131 Å². The lowest BCUT2D eigenvalue weighted by Crippen LogP contribution is -2.36. The van der Waals surface area contributed by atoms with Crippen molar-refractivity contribution in [2.75, 3.05) is 32.3 Å². The Kier molecular flexibility index (Phi) is 26.9. The van der Waals surface area contributed by atoms with Crippen LogP contribution in [0.2, 0.25) is 0 Å². The quantitative estimate of drug-likeness (QED) is 0.0200. The highest BCUT2D eigenvalue weighted by atomic mass is 32.2. The fraction of sp³-hybridized carbons (Fsp3) is 0.366. The molecule has 6 aromatic carbocycles. The van der Waals surface area contributed by atoms with Crippen LogP contribution in [0.15, 0.2) is 157 Å². The Bertz CT molecular complexity index is 3530. The Labute approximate surface area is 562 Å². The van der Waals surface area contributed by atoms with Crippen LogP contribution >= 0.6 is 35.3 Å². The third-order valence-electron chi connectivity index (χ3n) is 13.6. The van der Waals surface area contributed by atoms with Crippen LogP contribution in [-0.4, -0.2) is 81.4 Å². The second-order valence-corrected chi connectivity index (χ2v) is 29.1. The minimum absolute atomic E-state index is 0.0153. The fourth-order valence-electron chi connectivity index (χ4n) is 8.97. The van der Waals surface area contributed by atoms with Crippen molar-refractivity contribution < 1.29 is 62.5 Å². The number of nitrogen functional groups attached to an aromatic ring is 1. The van der Waals surface area contributed by atoms with Gasteiger partial charge in [-0.2, -0.15) is 0 Å². The number of nitrogens with one attached hydrogen (secondary N) is 5. The van der Waals surface area contributed by atoms with Crippen molar-refractivity contribution in [2.45, 2.75) is 186 Å². The predicted octanol–water partition coefficient (Wildman–Crippen LogP) is 13.5. The first-order valence-electron chi connectivity index (χ1n) is 30.7. The third-order valence-corrected chi connectivity index (χ3v) is 16.6. The summed E-state index contributed by atoms with van der Waals surface area (Å²) in [5, 5.41) is 22.7. The first kappa shape index (κ1) is 74.4. The van der Waals surface area contributed by atoms with Crippen LogP contribution in [0, 0.1) is 11.8 Å². The van der Waals surface area contributed by atoms with E-state index in [0.717, 1.165) is 68.8 Å². The maximum atomic E-state index is 12.4. The number of carbonyl (C=O) groups is 9. The van der Waals surface area contributed by atoms with Crippen molar-refractivity contribution >= 4 is 123 Å². The zero-order chi connectivity index (χ0) is 69.1. The normalized spacial score (nSPS) is 13.7. The molecule has 0 bridgehead atoms. The van der Waals surface area contributed by atoms with Gasteiger partial charge in [-0.3, -0.25) is 43.2 Å². The Morgan fingerprint density at radius 1 is 0.457 bits per heavy atom. The van der Waals surface area contributed by atoms with Gasteiger partial charge in [0.2, 0.25) is 29.5 Å². The standard InChI is InChI=1S/C24H28N2O4S.C23H27N3O4S.C14H12N2OS.C10H18O4/c1-15(5-12-22(28)30-24(2,3)4)23(29)25-17-6-8-18(9-7-17)31-19-10-11-20-16(13-19)14-21(27)26-20;1-23(2,3)30-21(28)11-9-18(24)22(29)25-15-4-6-16(7-5-15)31-17-8-10-19-14(12-17)13-20(27)26-19;15-10-1-3-11(4-2-10)18-12-5-6-13-9(7-12)8-14(17)16-13;1-7(9(12)13)5-6-8(11)14-10(2,3)4/h6-11,13,15H,5,12,14H2,1-4H3,(H,25,29)(H,26,27);4-8,10,12,18H,9,11,13,24H2,1-3H3,(H,25,29)(H,26,27);1-7H,8,15H2,(H,16,17);7H,5-6H2,1-4H3,(H,12,13)/t15-;18-;;7-/m00.0/s1. The van der Waals surface area contributed by atoms with Gasteiger partial charge in [0.25, 0.3) is 0 Å². The fourth-order valence-corrected chi connectivity index (χ4v) is 11.6. The lowest BCUT2D eigenvalue weighted by Gasteiger charge is -2.20. The molecule has 23 heteroatoms. The zero-order valence-corrected chi connectivity index (χ0v) is 57.4. The number of carbonyl (C=O) groups excluding carboxylic acids is 8. The van der Waals surface area contributed by atoms with Gasteiger partial charge >= 0.3 is 23.9 Å². The number of ether oxygens (including phenoxy) is 3. The van der Waals surface area contributed by atoms with E-state index in [1.165, 1.54) is 0 Å². The highest BCUT2D eigenvalue weighted by Crippen LogP contribution is 2.36. The number of benzene rings is 6. The number of esters is 3. The molecule has 500 valence electrons. The Hall–Kier alpha value is -8.64. The molecule has 0 aromatic heterocycles. The number of fused-ring (bicyclic) bond motifs is 3. The van der Waals surface area contributed by atoms with E-state index in [1.54, 1.807) is 103 Å². The molecule has 3 heterocycles. The lowest BCUT2D eigenvalue weighted by atomic mass is 10.0. The van der Waals surface area contributed by atoms with Gasteiger partial charge in [-0.1, -0.05) is 49.1 Å². The molecule has 0 radical (unpaired) electrons. The summed E-state index contributed by atoms with van der Waals surface area (Å²) in [6.07, 6.45) is 2.73. The molecule has 3 aliphatic rings. The van der Waals surface area contributed by atoms with Crippen LogP contribution < -0.4 is 38.1 Å². The van der Waals surface area contributed by atoms with E-state index in [2.05, 4.69) is 32.7 Å². The summed E-state index contributed by atoms with van der Waals surface area (Å²) >= 11 is 4.85. The van der Waals surface area contributed by atoms with Gasteiger partial charge in [-0.25, -0.2) is 0 Å². The molecule has 20 nitrogen and oxygen atoms in total. The van der Waals surface area contributed by atoms with Crippen LogP contribution in [0.4, 0.5) is 34.1 Å². The van der Waals surface area contributed by atoms with Crippen LogP contribution in [-0.2, 0) is 76.6 Å². The van der Waals surface area contributed by atoms with E-state index in [1.807, 2.05) is 130 Å². The molecule has 0 saturated carbocycles. The number of carboxylic acid groups (broad SMARTS) is 1. The van der Waals surface area contributed by atoms with Crippen molar-refractivity contribution in [2.24, 2.45) is 17.6 Å². The molecule has 9 rings (SSSR count). The largest absolute Gasteiger partial charge is 0.481 e. The van der Waals surface area contributed by atoms with E-state index in [4.69, 9.17) is 30.8 Å². The molecule has 3 atom stereocenters. The molecular formula is C71H85N7O13S3. The summed E-state index contributed by atoms with van der Waals surface area (Å²) in [6.45, 7) is 19.6. The van der Waals surface area contributed by atoms with E-state index >= 15 is 0 Å². The van der Waals surface area contributed by atoms with Gasteiger partial charge < -0.3 is 57.4 Å². The molecule has 6 aromatic rings.